The van der Waals surface area contributed by atoms with Gasteiger partial charge in [0.15, 0.2) is 23.1 Å². The molecule has 0 saturated heterocycles. The van der Waals surface area contributed by atoms with Gasteiger partial charge in [-0.15, -0.1) is 0 Å². The molecular weight excluding hydrogens is 578 g/mol. The van der Waals surface area contributed by atoms with E-state index in [-0.39, 0.29) is 0 Å². The normalized spacial score (nSPS) is 11.4. The van der Waals surface area contributed by atoms with Crippen LogP contribution in [0.5, 0.6) is 0 Å². The van der Waals surface area contributed by atoms with Crippen LogP contribution in [-0.2, 0) is 0 Å². The molecule has 5 aromatic carbocycles. The number of benzene rings is 5. The molecule has 0 amide bonds. The molecule has 6 nitrogen and oxygen atoms in total. The molecule has 0 aliphatic rings. The summed E-state index contributed by atoms with van der Waals surface area (Å²) in [6.45, 7) is 0. The lowest BCUT2D eigenvalue weighted by Crippen LogP contribution is -2.00. The maximum absolute atomic E-state index is 5.98. The van der Waals surface area contributed by atoms with Gasteiger partial charge in [-0.1, -0.05) is 109 Å². The quantitative estimate of drug-likeness (QED) is 0.195. The van der Waals surface area contributed by atoms with Crippen molar-refractivity contribution in [2.24, 2.45) is 0 Å². The van der Waals surface area contributed by atoms with Gasteiger partial charge in [-0.25, -0.2) is 15.0 Å². The molecule has 6 heteroatoms. The summed E-state index contributed by atoms with van der Waals surface area (Å²) in [5, 5.41) is 4.23. The van der Waals surface area contributed by atoms with Gasteiger partial charge in [-0.05, 0) is 46.8 Å². The summed E-state index contributed by atoms with van der Waals surface area (Å²) in [5.74, 6) is 1.90. The zero-order chi connectivity index (χ0) is 31.2. The third-order valence-corrected chi connectivity index (χ3v) is 8.40. The summed E-state index contributed by atoms with van der Waals surface area (Å²) in [7, 11) is 0. The van der Waals surface area contributed by atoms with Gasteiger partial charge in [0.25, 0.3) is 0 Å². The summed E-state index contributed by atoms with van der Waals surface area (Å²) in [4.78, 5) is 24.1. The molecule has 9 rings (SSSR count). The highest BCUT2D eigenvalue weighted by Gasteiger charge is 2.14. The molecule has 0 bridgehead atoms. The van der Waals surface area contributed by atoms with E-state index in [0.29, 0.717) is 17.5 Å². The van der Waals surface area contributed by atoms with Gasteiger partial charge in [0, 0.05) is 39.0 Å². The summed E-state index contributed by atoms with van der Waals surface area (Å²) >= 11 is 0. The fraction of sp³-hybridized carbons (Fsp3) is 0. The fourth-order valence-electron chi connectivity index (χ4n) is 6.01. The number of hydrogen-bond donors (Lipinski definition) is 0. The Morgan fingerprint density at radius 2 is 0.957 bits per heavy atom. The van der Waals surface area contributed by atoms with Crippen molar-refractivity contribution in [3.8, 4) is 56.7 Å². The van der Waals surface area contributed by atoms with E-state index in [0.717, 1.165) is 71.9 Å². The van der Waals surface area contributed by atoms with Crippen LogP contribution in [0, 0.1) is 0 Å². The van der Waals surface area contributed by atoms with Gasteiger partial charge in [-0.3, -0.25) is 9.97 Å². The topological polar surface area (TPSA) is 77.6 Å². The zero-order valence-electron chi connectivity index (χ0n) is 25.1. The Balaban J connectivity index is 1.11. The van der Waals surface area contributed by atoms with E-state index >= 15 is 0 Å². The van der Waals surface area contributed by atoms with E-state index in [4.69, 9.17) is 24.4 Å². The van der Waals surface area contributed by atoms with E-state index in [2.05, 4.69) is 59.6 Å². The molecule has 0 saturated carbocycles. The van der Waals surface area contributed by atoms with Gasteiger partial charge >= 0.3 is 0 Å². The van der Waals surface area contributed by atoms with Crippen molar-refractivity contribution in [3.63, 3.8) is 0 Å². The Labute approximate surface area is 270 Å². The number of pyridine rings is 2. The Morgan fingerprint density at radius 3 is 1.72 bits per heavy atom. The van der Waals surface area contributed by atoms with Gasteiger partial charge in [0.1, 0.15) is 5.58 Å². The van der Waals surface area contributed by atoms with Gasteiger partial charge in [-0.2, -0.15) is 0 Å². The number of nitrogens with zero attached hydrogens (tertiary/aromatic N) is 5. The monoisotopic (exact) mass is 603 g/mol. The van der Waals surface area contributed by atoms with Crippen LogP contribution in [0.25, 0.3) is 89.4 Å². The molecular formula is C41H25N5O. The third kappa shape index (κ3) is 4.98. The van der Waals surface area contributed by atoms with Crippen LogP contribution in [0.2, 0.25) is 0 Å². The van der Waals surface area contributed by atoms with Crippen molar-refractivity contribution in [2.75, 3.05) is 0 Å². The molecule has 0 radical (unpaired) electrons. The highest BCUT2D eigenvalue weighted by atomic mass is 16.3. The van der Waals surface area contributed by atoms with Crippen LogP contribution in [0.1, 0.15) is 0 Å². The third-order valence-electron chi connectivity index (χ3n) is 8.40. The Bertz CT molecular complexity index is 2520. The molecule has 220 valence electrons. The summed E-state index contributed by atoms with van der Waals surface area (Å²) in [5.41, 5.74) is 8.18. The van der Waals surface area contributed by atoms with Gasteiger partial charge in [0.2, 0.25) is 0 Å². The van der Waals surface area contributed by atoms with E-state index in [9.17, 15) is 0 Å². The first kappa shape index (κ1) is 26.8. The predicted molar refractivity (Wildman–Crippen MR) is 187 cm³/mol. The van der Waals surface area contributed by atoms with Crippen LogP contribution in [-0.4, -0.2) is 24.9 Å². The molecule has 4 heterocycles. The fourth-order valence-corrected chi connectivity index (χ4v) is 6.01. The maximum atomic E-state index is 5.98. The smallest absolute Gasteiger partial charge is 0.164 e. The highest BCUT2D eigenvalue weighted by molar-refractivity contribution is 6.05. The molecule has 0 fully saturated rings. The average Bonchev–Trinajstić information content (AvgIpc) is 3.53. The van der Waals surface area contributed by atoms with Gasteiger partial charge < -0.3 is 4.42 Å². The van der Waals surface area contributed by atoms with Crippen molar-refractivity contribution in [1.29, 1.82) is 0 Å². The molecule has 9 aromatic rings. The lowest BCUT2D eigenvalue weighted by molar-refractivity contribution is 0.667. The summed E-state index contributed by atoms with van der Waals surface area (Å²) in [6, 6.07) is 47.1. The lowest BCUT2D eigenvalue weighted by Gasteiger charge is -2.10. The number of hydrogen-bond acceptors (Lipinski definition) is 6. The Hall–Kier alpha value is -6.53. The SMILES string of the molecule is c1ccc(-c2nc(-c3ccccc3)nc(-c3cccc(-c4ccc5cnc(-c6cc7c(cn6)oc6ccccc67)cc5c4)c3)n2)cc1. The first-order valence-electron chi connectivity index (χ1n) is 15.4. The van der Waals surface area contributed by atoms with E-state index in [1.165, 1.54) is 0 Å². The van der Waals surface area contributed by atoms with Crippen LogP contribution in [0.15, 0.2) is 156 Å². The average molecular weight is 604 g/mol. The van der Waals surface area contributed by atoms with Crippen molar-refractivity contribution in [2.45, 2.75) is 0 Å². The second kappa shape index (κ2) is 11.1. The number of rotatable bonds is 5. The summed E-state index contributed by atoms with van der Waals surface area (Å²) < 4.78 is 5.98. The standard InChI is InChI=1S/C41H25N5O/c1-3-10-26(11-4-1)39-44-40(27-12-5-2-6-13-27)46-41(45-39)30-15-9-14-28(20-30)29-18-19-31-24-42-35(22-32(31)21-29)36-23-34-33-16-7-8-17-37(33)47-38(34)25-43-36/h1-25H. The van der Waals surface area contributed by atoms with Crippen LogP contribution in [0.3, 0.4) is 0 Å². The number of furan rings is 1. The predicted octanol–water partition coefficient (Wildman–Crippen LogP) is 10.0. The van der Waals surface area contributed by atoms with Gasteiger partial charge in [0.05, 0.1) is 17.6 Å². The molecule has 0 aliphatic heterocycles. The molecule has 0 spiro atoms. The highest BCUT2D eigenvalue weighted by Crippen LogP contribution is 2.33. The van der Waals surface area contributed by atoms with Crippen LogP contribution >= 0.6 is 0 Å². The maximum Gasteiger partial charge on any atom is 0.164 e. The summed E-state index contributed by atoms with van der Waals surface area (Å²) in [6.07, 6.45) is 3.69. The molecule has 0 N–H and O–H groups in total. The van der Waals surface area contributed by atoms with E-state index < -0.39 is 0 Å². The van der Waals surface area contributed by atoms with Crippen molar-refractivity contribution in [3.05, 3.63) is 152 Å². The molecule has 0 unspecified atom stereocenters. The minimum Gasteiger partial charge on any atom is -0.454 e. The zero-order valence-corrected chi connectivity index (χ0v) is 25.1. The van der Waals surface area contributed by atoms with Crippen molar-refractivity contribution >= 4 is 32.7 Å². The lowest BCUT2D eigenvalue weighted by atomic mass is 9.99. The number of para-hydroxylation sites is 1. The van der Waals surface area contributed by atoms with Crippen LogP contribution < -0.4 is 0 Å². The Kier molecular flexibility index (Phi) is 6.35. The van der Waals surface area contributed by atoms with Crippen LogP contribution in [0.4, 0.5) is 0 Å². The molecule has 4 aromatic heterocycles. The second-order valence-corrected chi connectivity index (χ2v) is 11.4. The minimum atomic E-state index is 0.625. The van der Waals surface area contributed by atoms with E-state index in [1.54, 1.807) is 6.20 Å². The first-order chi connectivity index (χ1) is 23.2. The van der Waals surface area contributed by atoms with E-state index in [1.807, 2.05) is 91.1 Å². The van der Waals surface area contributed by atoms with Crippen molar-refractivity contribution in [1.82, 2.24) is 24.9 Å². The first-order valence-corrected chi connectivity index (χ1v) is 15.4. The minimum absolute atomic E-state index is 0.625. The largest absolute Gasteiger partial charge is 0.454 e. The molecule has 0 aliphatic carbocycles. The number of aromatic nitrogens is 5. The Morgan fingerprint density at radius 1 is 0.362 bits per heavy atom. The van der Waals surface area contributed by atoms with Crippen molar-refractivity contribution < 1.29 is 4.42 Å². The number of fused-ring (bicyclic) bond motifs is 4. The molecule has 47 heavy (non-hydrogen) atoms. The second-order valence-electron chi connectivity index (χ2n) is 11.4. The molecule has 0 atom stereocenters.